The summed E-state index contributed by atoms with van der Waals surface area (Å²) in [6.45, 7) is 9.08. The highest BCUT2D eigenvalue weighted by molar-refractivity contribution is 5.50. The third kappa shape index (κ3) is 6.94. The zero-order chi connectivity index (χ0) is 21.6. The van der Waals surface area contributed by atoms with Crippen molar-refractivity contribution in [3.8, 4) is 0 Å². The van der Waals surface area contributed by atoms with Crippen molar-refractivity contribution in [1.29, 1.82) is 0 Å². The number of epoxide rings is 2. The SMILES string of the molecule is CCOCN(CC(C)O)c1ccc(Cc2ccc(N(CC3CO3)CC3CO3)cc2)cc1. The Morgan fingerprint density at radius 3 is 1.81 bits per heavy atom. The minimum Gasteiger partial charge on any atom is -0.392 e. The van der Waals surface area contributed by atoms with Gasteiger partial charge in [0.15, 0.2) is 0 Å². The number of ether oxygens (including phenoxy) is 3. The average Bonchev–Trinajstić information content (AvgIpc) is 3.69. The molecule has 6 heteroatoms. The van der Waals surface area contributed by atoms with Crippen molar-refractivity contribution in [2.24, 2.45) is 0 Å². The number of aliphatic hydroxyl groups excluding tert-OH is 1. The summed E-state index contributed by atoms with van der Waals surface area (Å²) in [5, 5.41) is 9.78. The van der Waals surface area contributed by atoms with Crippen LogP contribution in [0.25, 0.3) is 0 Å². The van der Waals surface area contributed by atoms with Crippen LogP contribution in [0.2, 0.25) is 0 Å². The largest absolute Gasteiger partial charge is 0.392 e. The van der Waals surface area contributed by atoms with Crippen molar-refractivity contribution < 1.29 is 19.3 Å². The Morgan fingerprint density at radius 2 is 1.39 bits per heavy atom. The molecule has 4 rings (SSSR count). The molecule has 3 atom stereocenters. The molecule has 168 valence electrons. The van der Waals surface area contributed by atoms with Gasteiger partial charge in [0.25, 0.3) is 0 Å². The fourth-order valence-corrected chi connectivity index (χ4v) is 3.76. The van der Waals surface area contributed by atoms with E-state index in [-0.39, 0.29) is 0 Å². The molecule has 3 unspecified atom stereocenters. The zero-order valence-electron chi connectivity index (χ0n) is 18.6. The standard InChI is InChI=1S/C25H34N2O4/c1-3-29-18-27(13-19(2)28)23-10-6-21(7-11-23)12-20-4-8-22(9-5-20)26(14-24-16-30-24)15-25-17-31-25/h4-11,19,24-25,28H,3,12-18H2,1-2H3. The van der Waals surface area contributed by atoms with E-state index in [0.29, 0.717) is 32.1 Å². The second-order valence-corrected chi connectivity index (χ2v) is 8.52. The lowest BCUT2D eigenvalue weighted by Crippen LogP contribution is -2.33. The van der Waals surface area contributed by atoms with Crippen LogP contribution in [-0.2, 0) is 20.6 Å². The van der Waals surface area contributed by atoms with Crippen LogP contribution in [0, 0.1) is 0 Å². The predicted molar refractivity (Wildman–Crippen MR) is 123 cm³/mol. The molecule has 2 saturated heterocycles. The lowest BCUT2D eigenvalue weighted by molar-refractivity contribution is 0.131. The third-order valence-electron chi connectivity index (χ3n) is 5.60. The van der Waals surface area contributed by atoms with Gasteiger partial charge >= 0.3 is 0 Å². The number of hydrogen-bond acceptors (Lipinski definition) is 6. The van der Waals surface area contributed by atoms with Gasteiger partial charge in [-0.2, -0.15) is 0 Å². The maximum Gasteiger partial charge on any atom is 0.119 e. The minimum atomic E-state index is -0.406. The van der Waals surface area contributed by atoms with Gasteiger partial charge in [0.2, 0.25) is 0 Å². The number of rotatable bonds is 13. The topological polar surface area (TPSA) is 61.0 Å². The maximum absolute atomic E-state index is 9.78. The van der Waals surface area contributed by atoms with E-state index in [1.807, 2.05) is 6.92 Å². The van der Waals surface area contributed by atoms with Crippen LogP contribution in [0.1, 0.15) is 25.0 Å². The van der Waals surface area contributed by atoms with E-state index in [1.165, 1.54) is 16.8 Å². The lowest BCUT2D eigenvalue weighted by atomic mass is 10.0. The molecule has 6 nitrogen and oxygen atoms in total. The highest BCUT2D eigenvalue weighted by Gasteiger charge is 2.30. The minimum absolute atomic E-state index is 0.369. The van der Waals surface area contributed by atoms with Gasteiger partial charge in [0.1, 0.15) is 6.73 Å². The van der Waals surface area contributed by atoms with E-state index >= 15 is 0 Å². The van der Waals surface area contributed by atoms with Gasteiger partial charge in [0.05, 0.1) is 31.5 Å². The Hall–Kier alpha value is -2.12. The van der Waals surface area contributed by atoms with Gasteiger partial charge in [-0.1, -0.05) is 24.3 Å². The molecule has 0 spiro atoms. The van der Waals surface area contributed by atoms with Gasteiger partial charge in [-0.15, -0.1) is 0 Å². The van der Waals surface area contributed by atoms with E-state index in [2.05, 4.69) is 58.3 Å². The van der Waals surface area contributed by atoms with Gasteiger partial charge in [-0.05, 0) is 55.7 Å². The second-order valence-electron chi connectivity index (χ2n) is 8.52. The summed E-state index contributed by atoms with van der Waals surface area (Å²) in [5.41, 5.74) is 4.85. The summed E-state index contributed by atoms with van der Waals surface area (Å²) in [7, 11) is 0. The van der Waals surface area contributed by atoms with Crippen molar-refractivity contribution in [3.63, 3.8) is 0 Å². The average molecular weight is 427 g/mol. The molecule has 2 aliphatic heterocycles. The van der Waals surface area contributed by atoms with Crippen molar-refractivity contribution in [2.45, 2.75) is 38.6 Å². The first-order chi connectivity index (χ1) is 15.1. The summed E-state index contributed by atoms with van der Waals surface area (Å²) in [5.74, 6) is 0. The molecule has 0 aromatic heterocycles. The van der Waals surface area contributed by atoms with E-state index < -0.39 is 6.10 Å². The highest BCUT2D eigenvalue weighted by Crippen LogP contribution is 2.24. The molecule has 0 amide bonds. The fourth-order valence-electron chi connectivity index (χ4n) is 3.76. The lowest BCUT2D eigenvalue weighted by Gasteiger charge is -2.26. The smallest absolute Gasteiger partial charge is 0.119 e. The van der Waals surface area contributed by atoms with Crippen molar-refractivity contribution >= 4 is 11.4 Å². The van der Waals surface area contributed by atoms with E-state index in [1.54, 1.807) is 6.92 Å². The first-order valence-corrected chi connectivity index (χ1v) is 11.3. The fraction of sp³-hybridized carbons (Fsp3) is 0.520. The Bertz CT molecular complexity index is 787. The third-order valence-corrected chi connectivity index (χ3v) is 5.60. The quantitative estimate of drug-likeness (QED) is 0.392. The van der Waals surface area contributed by atoms with Crippen molar-refractivity contribution in [2.75, 3.05) is 56.0 Å². The monoisotopic (exact) mass is 426 g/mol. The first-order valence-electron chi connectivity index (χ1n) is 11.3. The van der Waals surface area contributed by atoms with E-state index in [9.17, 15) is 5.11 Å². The molecular weight excluding hydrogens is 392 g/mol. The normalized spacial score (nSPS) is 20.4. The molecule has 2 fully saturated rings. The highest BCUT2D eigenvalue weighted by atomic mass is 16.6. The summed E-state index contributed by atoms with van der Waals surface area (Å²) < 4.78 is 16.4. The summed E-state index contributed by atoms with van der Waals surface area (Å²) in [6, 6.07) is 17.4. The first kappa shape index (κ1) is 22.1. The van der Waals surface area contributed by atoms with Gasteiger partial charge in [-0.25, -0.2) is 0 Å². The van der Waals surface area contributed by atoms with Gasteiger partial charge < -0.3 is 29.1 Å². The van der Waals surface area contributed by atoms with Crippen LogP contribution in [0.15, 0.2) is 48.5 Å². The van der Waals surface area contributed by atoms with Crippen LogP contribution in [0.5, 0.6) is 0 Å². The Kier molecular flexibility index (Phi) is 7.45. The molecule has 0 radical (unpaired) electrons. The maximum atomic E-state index is 9.78. The molecular formula is C25H34N2O4. The molecule has 1 N–H and O–H groups in total. The molecule has 2 heterocycles. The summed E-state index contributed by atoms with van der Waals surface area (Å²) in [6.07, 6.45) is 1.22. The van der Waals surface area contributed by atoms with Crippen LogP contribution >= 0.6 is 0 Å². The molecule has 0 aliphatic carbocycles. The number of hydrogen-bond donors (Lipinski definition) is 1. The Labute approximate surface area is 185 Å². The van der Waals surface area contributed by atoms with Crippen LogP contribution in [0.4, 0.5) is 11.4 Å². The van der Waals surface area contributed by atoms with Crippen molar-refractivity contribution in [1.82, 2.24) is 0 Å². The number of nitrogens with zero attached hydrogens (tertiary/aromatic N) is 2. The summed E-state index contributed by atoms with van der Waals surface area (Å²) >= 11 is 0. The molecule has 2 aliphatic rings. The number of aliphatic hydroxyl groups is 1. The van der Waals surface area contributed by atoms with Crippen LogP contribution in [0.3, 0.4) is 0 Å². The van der Waals surface area contributed by atoms with Crippen LogP contribution < -0.4 is 9.80 Å². The van der Waals surface area contributed by atoms with E-state index in [0.717, 1.165) is 38.4 Å². The number of benzene rings is 2. The van der Waals surface area contributed by atoms with Crippen LogP contribution in [-0.4, -0.2) is 69.6 Å². The Balaban J connectivity index is 1.36. The number of anilines is 2. The molecule has 0 bridgehead atoms. The molecule has 2 aromatic carbocycles. The van der Waals surface area contributed by atoms with E-state index in [4.69, 9.17) is 14.2 Å². The van der Waals surface area contributed by atoms with Gasteiger partial charge in [-0.3, -0.25) is 0 Å². The molecule has 2 aromatic rings. The zero-order valence-corrected chi connectivity index (χ0v) is 18.6. The van der Waals surface area contributed by atoms with Gasteiger partial charge in [0, 0.05) is 37.6 Å². The molecule has 0 saturated carbocycles. The second kappa shape index (κ2) is 10.5. The van der Waals surface area contributed by atoms with Crippen molar-refractivity contribution in [3.05, 3.63) is 59.7 Å². The molecule has 31 heavy (non-hydrogen) atoms. The Morgan fingerprint density at radius 1 is 0.903 bits per heavy atom. The summed E-state index contributed by atoms with van der Waals surface area (Å²) in [4.78, 5) is 4.44. The predicted octanol–water partition coefficient (Wildman–Crippen LogP) is 3.06.